The van der Waals surface area contributed by atoms with Crippen molar-refractivity contribution < 1.29 is 15.1 Å². The molecule has 0 spiro atoms. The molecule has 1 aromatic heterocycles. The Hall–Kier alpha value is -3.13. The summed E-state index contributed by atoms with van der Waals surface area (Å²) in [4.78, 5) is 14.7. The molecule has 0 saturated carbocycles. The van der Waals surface area contributed by atoms with Gasteiger partial charge in [-0.05, 0) is 24.3 Å². The average Bonchev–Trinajstić information content (AvgIpc) is 2.99. The number of nitrogens with zero attached hydrogens (tertiary/aromatic N) is 2. The van der Waals surface area contributed by atoms with Crippen molar-refractivity contribution in [3.8, 4) is 22.8 Å². The van der Waals surface area contributed by atoms with Crippen LogP contribution in [-0.4, -0.2) is 20.1 Å². The highest BCUT2D eigenvalue weighted by atomic mass is 32.1. The lowest BCUT2D eigenvalue weighted by Gasteiger charge is -2.02. The maximum Gasteiger partial charge on any atom is 0.271 e. The minimum Gasteiger partial charge on any atom is -0.504 e. The second kappa shape index (κ2) is 5.93. The zero-order valence-electron chi connectivity index (χ0n) is 11.6. The lowest BCUT2D eigenvalue weighted by Crippen LogP contribution is -1.92. The van der Waals surface area contributed by atoms with Gasteiger partial charge in [0.25, 0.3) is 5.69 Å². The van der Waals surface area contributed by atoms with E-state index in [1.54, 1.807) is 23.6 Å². The molecule has 0 atom stereocenters. The Balaban J connectivity index is 1.83. The first-order valence-corrected chi connectivity index (χ1v) is 7.40. The molecule has 0 radical (unpaired) electrons. The van der Waals surface area contributed by atoms with Crippen LogP contribution in [0.1, 0.15) is 0 Å². The molecule has 0 aliphatic rings. The normalized spacial score (nSPS) is 10.4. The second-order valence-corrected chi connectivity index (χ2v) is 5.53. The summed E-state index contributed by atoms with van der Waals surface area (Å²) in [6, 6.07) is 10.6. The number of phenolic OH excluding ortho intramolecular Hbond substituents is 2. The Morgan fingerprint density at radius 3 is 2.70 bits per heavy atom. The van der Waals surface area contributed by atoms with Gasteiger partial charge in [-0.1, -0.05) is 6.07 Å². The van der Waals surface area contributed by atoms with Crippen LogP contribution in [0.2, 0.25) is 0 Å². The molecule has 0 saturated heterocycles. The number of benzene rings is 2. The largest absolute Gasteiger partial charge is 0.504 e. The van der Waals surface area contributed by atoms with Gasteiger partial charge in [-0.2, -0.15) is 0 Å². The maximum atomic E-state index is 10.8. The number of anilines is 2. The molecule has 23 heavy (non-hydrogen) atoms. The number of aromatic hydroxyl groups is 2. The van der Waals surface area contributed by atoms with Gasteiger partial charge in [0.1, 0.15) is 0 Å². The maximum absolute atomic E-state index is 10.8. The molecule has 0 bridgehead atoms. The summed E-state index contributed by atoms with van der Waals surface area (Å²) < 4.78 is 0. The summed E-state index contributed by atoms with van der Waals surface area (Å²) >= 11 is 1.33. The van der Waals surface area contributed by atoms with Crippen LogP contribution < -0.4 is 5.32 Å². The number of phenols is 2. The van der Waals surface area contributed by atoms with Crippen molar-refractivity contribution in [2.45, 2.75) is 0 Å². The summed E-state index contributed by atoms with van der Waals surface area (Å²) in [6.07, 6.45) is 0. The minimum absolute atomic E-state index is 0.00441. The van der Waals surface area contributed by atoms with E-state index in [0.29, 0.717) is 22.1 Å². The van der Waals surface area contributed by atoms with Gasteiger partial charge in [-0.15, -0.1) is 11.3 Å². The Labute approximate surface area is 134 Å². The summed E-state index contributed by atoms with van der Waals surface area (Å²) in [6.45, 7) is 0. The zero-order valence-corrected chi connectivity index (χ0v) is 12.4. The second-order valence-electron chi connectivity index (χ2n) is 4.67. The number of non-ortho nitro benzene ring substituents is 1. The van der Waals surface area contributed by atoms with E-state index in [1.165, 1.54) is 35.6 Å². The number of nitrogens with one attached hydrogen (secondary N) is 1. The Morgan fingerprint density at radius 2 is 1.96 bits per heavy atom. The first-order chi connectivity index (χ1) is 11.0. The van der Waals surface area contributed by atoms with Crippen molar-refractivity contribution in [2.75, 3.05) is 5.32 Å². The first-order valence-electron chi connectivity index (χ1n) is 6.52. The molecular formula is C15H11N3O4S. The van der Waals surface area contributed by atoms with Gasteiger partial charge >= 0.3 is 0 Å². The number of aromatic nitrogens is 1. The molecule has 0 amide bonds. The lowest BCUT2D eigenvalue weighted by molar-refractivity contribution is -0.384. The van der Waals surface area contributed by atoms with E-state index >= 15 is 0 Å². The van der Waals surface area contributed by atoms with E-state index in [0.717, 1.165) is 0 Å². The number of nitro groups is 1. The van der Waals surface area contributed by atoms with Crippen LogP contribution in [0.5, 0.6) is 11.5 Å². The minimum atomic E-state index is -0.461. The number of hydrogen-bond acceptors (Lipinski definition) is 7. The molecule has 0 fully saturated rings. The molecule has 0 unspecified atom stereocenters. The highest BCUT2D eigenvalue weighted by Gasteiger charge is 2.09. The smallest absolute Gasteiger partial charge is 0.271 e. The number of hydrogen-bond donors (Lipinski definition) is 3. The van der Waals surface area contributed by atoms with Gasteiger partial charge in [-0.3, -0.25) is 10.1 Å². The van der Waals surface area contributed by atoms with Gasteiger partial charge in [0.2, 0.25) is 0 Å². The van der Waals surface area contributed by atoms with Crippen molar-refractivity contribution in [3.05, 3.63) is 58.0 Å². The number of thiazole rings is 1. The Morgan fingerprint density at radius 1 is 1.13 bits per heavy atom. The number of nitro benzene ring substituents is 1. The quantitative estimate of drug-likeness (QED) is 0.381. The SMILES string of the molecule is O=[N+]([O-])c1cccc(Nc2nc(-c3ccc(O)c(O)c3)cs2)c1. The monoisotopic (exact) mass is 329 g/mol. The fourth-order valence-corrected chi connectivity index (χ4v) is 2.71. The van der Waals surface area contributed by atoms with E-state index in [4.69, 9.17) is 0 Å². The molecule has 3 aromatic rings. The average molecular weight is 329 g/mol. The third-order valence-electron chi connectivity index (χ3n) is 3.08. The summed E-state index contributed by atoms with van der Waals surface area (Å²) in [5, 5.41) is 35.0. The van der Waals surface area contributed by atoms with Gasteiger partial charge in [-0.25, -0.2) is 4.98 Å². The van der Waals surface area contributed by atoms with Crippen molar-refractivity contribution in [2.24, 2.45) is 0 Å². The Kier molecular flexibility index (Phi) is 3.82. The van der Waals surface area contributed by atoms with E-state index in [-0.39, 0.29) is 17.2 Å². The lowest BCUT2D eigenvalue weighted by atomic mass is 10.1. The van der Waals surface area contributed by atoms with Crippen LogP contribution in [-0.2, 0) is 0 Å². The molecule has 0 aliphatic carbocycles. The molecule has 116 valence electrons. The predicted molar refractivity (Wildman–Crippen MR) is 87.3 cm³/mol. The highest BCUT2D eigenvalue weighted by Crippen LogP contribution is 2.33. The number of rotatable bonds is 4. The van der Waals surface area contributed by atoms with Crippen molar-refractivity contribution >= 4 is 27.8 Å². The third-order valence-corrected chi connectivity index (χ3v) is 3.84. The predicted octanol–water partition coefficient (Wildman–Crippen LogP) is 3.87. The molecule has 8 heteroatoms. The summed E-state index contributed by atoms with van der Waals surface area (Å²) in [5.41, 5.74) is 1.84. The van der Waals surface area contributed by atoms with Crippen LogP contribution >= 0.6 is 11.3 Å². The zero-order chi connectivity index (χ0) is 16.4. The van der Waals surface area contributed by atoms with E-state index in [9.17, 15) is 20.3 Å². The molecule has 0 aliphatic heterocycles. The van der Waals surface area contributed by atoms with Gasteiger partial charge in [0, 0.05) is 28.8 Å². The van der Waals surface area contributed by atoms with Gasteiger partial charge < -0.3 is 15.5 Å². The summed E-state index contributed by atoms with van der Waals surface area (Å²) in [7, 11) is 0. The molecule has 1 heterocycles. The van der Waals surface area contributed by atoms with Gasteiger partial charge in [0.05, 0.1) is 10.6 Å². The van der Waals surface area contributed by atoms with Crippen molar-refractivity contribution in [1.82, 2.24) is 4.98 Å². The fourth-order valence-electron chi connectivity index (χ4n) is 1.97. The van der Waals surface area contributed by atoms with Crippen LogP contribution in [0.15, 0.2) is 47.8 Å². The van der Waals surface area contributed by atoms with E-state index in [1.807, 2.05) is 0 Å². The first kappa shape index (κ1) is 14.8. The molecule has 2 aromatic carbocycles. The van der Waals surface area contributed by atoms with Gasteiger partial charge in [0.15, 0.2) is 16.6 Å². The van der Waals surface area contributed by atoms with Crippen LogP contribution in [0.3, 0.4) is 0 Å². The fraction of sp³-hybridized carbons (Fsp3) is 0. The Bertz CT molecular complexity index is 879. The van der Waals surface area contributed by atoms with Crippen LogP contribution in [0, 0.1) is 10.1 Å². The van der Waals surface area contributed by atoms with Crippen molar-refractivity contribution in [3.63, 3.8) is 0 Å². The van der Waals surface area contributed by atoms with E-state index < -0.39 is 4.92 Å². The molecule has 3 rings (SSSR count). The van der Waals surface area contributed by atoms with Crippen LogP contribution in [0.25, 0.3) is 11.3 Å². The molecular weight excluding hydrogens is 318 g/mol. The van der Waals surface area contributed by atoms with Crippen LogP contribution in [0.4, 0.5) is 16.5 Å². The molecule has 7 nitrogen and oxygen atoms in total. The van der Waals surface area contributed by atoms with E-state index in [2.05, 4.69) is 10.3 Å². The standard InChI is InChI=1S/C15H11N3O4S/c19-13-5-4-9(6-14(13)20)12-8-23-15(17-12)16-10-2-1-3-11(7-10)18(21)22/h1-8,19-20H,(H,16,17). The third kappa shape index (κ3) is 3.22. The summed E-state index contributed by atoms with van der Waals surface area (Å²) in [5.74, 6) is -0.414. The topological polar surface area (TPSA) is 109 Å². The van der Waals surface area contributed by atoms with Crippen molar-refractivity contribution in [1.29, 1.82) is 0 Å². The molecule has 3 N–H and O–H groups in total. The highest BCUT2D eigenvalue weighted by molar-refractivity contribution is 7.14.